The molecule has 0 aromatic carbocycles. The lowest BCUT2D eigenvalue weighted by molar-refractivity contribution is -0.130. The Kier molecular flexibility index (Phi) is 12.3. The minimum Gasteiger partial charge on any atom is -0.381 e. The first-order valence-corrected chi connectivity index (χ1v) is 10.5. The lowest BCUT2D eigenvalue weighted by atomic mass is 9.77. The molecule has 0 saturated heterocycles. The zero-order valence-corrected chi connectivity index (χ0v) is 17.6. The van der Waals surface area contributed by atoms with Crippen LogP contribution in [0.15, 0.2) is 12.2 Å². The number of hydrogen-bond donors (Lipinski definition) is 1. The van der Waals surface area contributed by atoms with E-state index in [2.05, 4.69) is 11.9 Å². The molecule has 5 heteroatoms. The van der Waals surface area contributed by atoms with Crippen LogP contribution in [0.5, 0.6) is 0 Å². The third-order valence-electron chi connectivity index (χ3n) is 5.01. The Hall–Kier alpha value is -1.20. The smallest absolute Gasteiger partial charge is 0.223 e. The predicted octanol–water partition coefficient (Wildman–Crippen LogP) is 3.91. The van der Waals surface area contributed by atoms with Crippen molar-refractivity contribution in [3.05, 3.63) is 12.2 Å². The number of rotatable bonds is 14. The van der Waals surface area contributed by atoms with Gasteiger partial charge in [-0.15, -0.1) is 0 Å². The van der Waals surface area contributed by atoms with Crippen molar-refractivity contribution in [1.82, 2.24) is 5.32 Å². The highest BCUT2D eigenvalue weighted by Gasteiger charge is 2.30. The maximum atomic E-state index is 12.2. The Balaban J connectivity index is 1.96. The van der Waals surface area contributed by atoms with Gasteiger partial charge in [-0.2, -0.15) is 0 Å². The van der Waals surface area contributed by atoms with Gasteiger partial charge in [0.25, 0.3) is 0 Å². The van der Waals surface area contributed by atoms with Gasteiger partial charge in [0.15, 0.2) is 0 Å². The molecule has 1 fully saturated rings. The Labute approximate surface area is 165 Å². The van der Waals surface area contributed by atoms with Crippen molar-refractivity contribution in [2.24, 2.45) is 17.8 Å². The van der Waals surface area contributed by atoms with Crippen molar-refractivity contribution in [2.75, 3.05) is 33.0 Å². The lowest BCUT2D eigenvalue weighted by Crippen LogP contribution is -2.35. The number of Topliss-reactive ketones (excluding diaryl/α,β-unsaturated/α-hetero) is 1. The molecule has 1 aliphatic carbocycles. The van der Waals surface area contributed by atoms with E-state index in [1.54, 1.807) is 0 Å². The standard InChI is InChI=1S/C22H39NO4/c1-17(2)16-27-14-6-5-13-26-15-7-12-23-22(25)20-10-8-19(9-11-20)21(24)18(3)4/h18-20H,1,5-16H2,2-4H3,(H,23,25). The van der Waals surface area contributed by atoms with E-state index in [4.69, 9.17) is 9.47 Å². The first-order valence-electron chi connectivity index (χ1n) is 10.5. The lowest BCUT2D eigenvalue weighted by Gasteiger charge is -2.27. The maximum Gasteiger partial charge on any atom is 0.223 e. The molecule has 0 radical (unpaired) electrons. The van der Waals surface area contributed by atoms with Gasteiger partial charge in [0.1, 0.15) is 5.78 Å². The van der Waals surface area contributed by atoms with Gasteiger partial charge in [0, 0.05) is 44.1 Å². The molecule has 0 aromatic heterocycles. The summed E-state index contributed by atoms with van der Waals surface area (Å²) in [7, 11) is 0. The van der Waals surface area contributed by atoms with Crippen molar-refractivity contribution in [2.45, 2.75) is 65.7 Å². The zero-order chi connectivity index (χ0) is 20.1. The molecule has 0 aliphatic heterocycles. The number of nitrogens with one attached hydrogen (secondary N) is 1. The fourth-order valence-electron chi connectivity index (χ4n) is 3.40. The molecule has 156 valence electrons. The van der Waals surface area contributed by atoms with Crippen molar-refractivity contribution < 1.29 is 19.1 Å². The number of unbranched alkanes of at least 4 members (excludes halogenated alkanes) is 1. The quantitative estimate of drug-likeness (QED) is 0.366. The van der Waals surface area contributed by atoms with Crippen molar-refractivity contribution in [3.63, 3.8) is 0 Å². The van der Waals surface area contributed by atoms with Gasteiger partial charge < -0.3 is 14.8 Å². The summed E-state index contributed by atoms with van der Waals surface area (Å²) in [6.07, 6.45) is 6.19. The molecule has 27 heavy (non-hydrogen) atoms. The molecule has 0 heterocycles. The highest BCUT2D eigenvalue weighted by atomic mass is 16.5. The molecule has 0 atom stereocenters. The predicted molar refractivity (Wildman–Crippen MR) is 109 cm³/mol. The molecule has 1 amide bonds. The minimum absolute atomic E-state index is 0.0707. The van der Waals surface area contributed by atoms with Gasteiger partial charge in [-0.25, -0.2) is 0 Å². The number of amides is 1. The number of hydrogen-bond acceptors (Lipinski definition) is 4. The Bertz CT molecular complexity index is 453. The van der Waals surface area contributed by atoms with Crippen LogP contribution in [-0.2, 0) is 19.1 Å². The van der Waals surface area contributed by atoms with E-state index in [1.165, 1.54) is 0 Å². The van der Waals surface area contributed by atoms with Crippen LogP contribution in [0.1, 0.15) is 65.7 Å². The summed E-state index contributed by atoms with van der Waals surface area (Å²) >= 11 is 0. The summed E-state index contributed by atoms with van der Waals surface area (Å²) < 4.78 is 11.0. The molecule has 0 spiro atoms. The normalized spacial score (nSPS) is 19.9. The first kappa shape index (κ1) is 23.8. The summed E-state index contributed by atoms with van der Waals surface area (Å²) in [6.45, 7) is 13.1. The number of carbonyl (C=O) groups excluding carboxylic acids is 2. The van der Waals surface area contributed by atoms with Crippen LogP contribution >= 0.6 is 0 Å². The van der Waals surface area contributed by atoms with Gasteiger partial charge in [0.2, 0.25) is 5.91 Å². The van der Waals surface area contributed by atoms with Crippen LogP contribution in [0.2, 0.25) is 0 Å². The highest BCUT2D eigenvalue weighted by Crippen LogP contribution is 2.31. The molecule has 1 saturated carbocycles. The second-order valence-electron chi connectivity index (χ2n) is 8.08. The first-order chi connectivity index (χ1) is 12.9. The van der Waals surface area contributed by atoms with Crippen LogP contribution in [0.4, 0.5) is 0 Å². The average molecular weight is 382 g/mol. The van der Waals surface area contributed by atoms with Crippen molar-refractivity contribution in [3.8, 4) is 0 Å². The molecule has 1 rings (SSSR count). The van der Waals surface area contributed by atoms with E-state index in [0.29, 0.717) is 25.5 Å². The van der Waals surface area contributed by atoms with Crippen LogP contribution in [-0.4, -0.2) is 44.7 Å². The van der Waals surface area contributed by atoms with Gasteiger partial charge in [-0.05, 0) is 51.9 Å². The van der Waals surface area contributed by atoms with Crippen molar-refractivity contribution in [1.29, 1.82) is 0 Å². The molecule has 1 N–H and O–H groups in total. The highest BCUT2D eigenvalue weighted by molar-refractivity contribution is 5.83. The topological polar surface area (TPSA) is 64.6 Å². The summed E-state index contributed by atoms with van der Waals surface area (Å²) in [5.41, 5.74) is 1.05. The second kappa shape index (κ2) is 13.9. The van der Waals surface area contributed by atoms with E-state index < -0.39 is 0 Å². The SMILES string of the molecule is C=C(C)COCCCCOCCCNC(=O)C1CCC(C(=O)C(C)C)CC1. The third kappa shape index (κ3) is 10.6. The Morgan fingerprint density at radius 1 is 0.963 bits per heavy atom. The molecule has 5 nitrogen and oxygen atoms in total. The molecule has 0 aromatic rings. The van der Waals surface area contributed by atoms with Crippen LogP contribution in [0.3, 0.4) is 0 Å². The summed E-state index contributed by atoms with van der Waals surface area (Å²) in [5, 5.41) is 3.02. The molecular formula is C22H39NO4. The van der Waals surface area contributed by atoms with E-state index >= 15 is 0 Å². The summed E-state index contributed by atoms with van der Waals surface area (Å²) in [4.78, 5) is 24.3. The number of ether oxygens (including phenoxy) is 2. The van der Waals surface area contributed by atoms with Crippen LogP contribution in [0.25, 0.3) is 0 Å². The fourth-order valence-corrected chi connectivity index (χ4v) is 3.40. The van der Waals surface area contributed by atoms with E-state index in [-0.39, 0.29) is 23.7 Å². The van der Waals surface area contributed by atoms with Gasteiger partial charge >= 0.3 is 0 Å². The average Bonchev–Trinajstić information content (AvgIpc) is 2.65. The minimum atomic E-state index is 0.0707. The molecule has 0 unspecified atom stereocenters. The summed E-state index contributed by atoms with van der Waals surface area (Å²) in [5.74, 6) is 0.827. The Morgan fingerprint density at radius 3 is 2.11 bits per heavy atom. The molecule has 0 bridgehead atoms. The maximum absolute atomic E-state index is 12.2. The number of ketones is 1. The van der Waals surface area contributed by atoms with E-state index in [9.17, 15) is 9.59 Å². The fraction of sp³-hybridized carbons (Fsp3) is 0.818. The monoisotopic (exact) mass is 381 g/mol. The second-order valence-corrected chi connectivity index (χ2v) is 8.08. The third-order valence-corrected chi connectivity index (χ3v) is 5.01. The largest absolute Gasteiger partial charge is 0.381 e. The zero-order valence-electron chi connectivity index (χ0n) is 17.6. The summed E-state index contributed by atoms with van der Waals surface area (Å²) in [6, 6.07) is 0. The van der Waals surface area contributed by atoms with Gasteiger partial charge in [-0.1, -0.05) is 26.0 Å². The van der Waals surface area contributed by atoms with E-state index in [1.807, 2.05) is 20.8 Å². The van der Waals surface area contributed by atoms with Gasteiger partial charge in [0.05, 0.1) is 6.61 Å². The molecule has 1 aliphatic rings. The van der Waals surface area contributed by atoms with Gasteiger partial charge in [-0.3, -0.25) is 9.59 Å². The van der Waals surface area contributed by atoms with Crippen LogP contribution in [0, 0.1) is 17.8 Å². The number of carbonyl (C=O) groups is 2. The van der Waals surface area contributed by atoms with E-state index in [0.717, 1.165) is 63.7 Å². The Morgan fingerprint density at radius 2 is 1.52 bits per heavy atom. The molecular weight excluding hydrogens is 342 g/mol. The van der Waals surface area contributed by atoms with Crippen LogP contribution < -0.4 is 5.32 Å². The van der Waals surface area contributed by atoms with Crippen molar-refractivity contribution >= 4 is 11.7 Å².